The van der Waals surface area contributed by atoms with E-state index < -0.39 is 0 Å². The normalized spacial score (nSPS) is 10.4. The van der Waals surface area contributed by atoms with Crippen LogP contribution in [0, 0.1) is 0 Å². The molecule has 0 atom stereocenters. The molecule has 0 saturated carbocycles. The fraction of sp³-hybridized carbons (Fsp3) is 0.455. The summed E-state index contributed by atoms with van der Waals surface area (Å²) in [5, 5.41) is 2.81. The highest BCUT2D eigenvalue weighted by molar-refractivity contribution is 5.81. The minimum atomic E-state index is -0.0558. The van der Waals surface area contributed by atoms with Crippen LogP contribution >= 0.6 is 0 Å². The van der Waals surface area contributed by atoms with Crippen molar-refractivity contribution in [2.24, 2.45) is 0 Å². The Labute approximate surface area is 101 Å². The van der Waals surface area contributed by atoms with Gasteiger partial charge in [-0.3, -0.25) is 4.79 Å². The van der Waals surface area contributed by atoms with Gasteiger partial charge in [0.25, 0.3) is 0 Å². The monoisotopic (exact) mass is 237 g/mol. The fourth-order valence-electron chi connectivity index (χ4n) is 1.35. The zero-order valence-electron chi connectivity index (χ0n) is 10.4. The van der Waals surface area contributed by atoms with Crippen LogP contribution < -0.4 is 21.7 Å². The number of hydrogen-bond donors (Lipinski definition) is 3. The number of amides is 1. The first-order chi connectivity index (χ1) is 7.90. The van der Waals surface area contributed by atoms with Gasteiger partial charge in [0.15, 0.2) is 0 Å². The van der Waals surface area contributed by atoms with Crippen molar-refractivity contribution in [1.29, 1.82) is 0 Å². The number of anilines is 3. The standard InChI is InChI=1S/C11H19N5O/c1-7(2)14-10(17)6-16(3)9-5-4-8(12)11(13)15-9/h4-5,7H,6,12H2,1-3H3,(H2,13,15)(H,14,17). The fourth-order valence-corrected chi connectivity index (χ4v) is 1.35. The van der Waals surface area contributed by atoms with Crippen molar-refractivity contribution >= 4 is 23.2 Å². The van der Waals surface area contributed by atoms with Gasteiger partial charge in [-0.15, -0.1) is 0 Å². The SMILES string of the molecule is CC(C)NC(=O)CN(C)c1ccc(N)c(N)n1. The predicted octanol–water partition coefficient (Wildman–Crippen LogP) is 0.207. The second-order valence-electron chi connectivity index (χ2n) is 4.22. The average molecular weight is 237 g/mol. The van der Waals surface area contributed by atoms with E-state index in [1.54, 1.807) is 24.1 Å². The predicted molar refractivity (Wildman–Crippen MR) is 69.6 cm³/mol. The highest BCUT2D eigenvalue weighted by Gasteiger charge is 2.10. The van der Waals surface area contributed by atoms with Crippen LogP contribution in [-0.2, 0) is 4.79 Å². The molecule has 0 saturated heterocycles. The van der Waals surface area contributed by atoms with Crippen molar-refractivity contribution in [2.75, 3.05) is 30.0 Å². The lowest BCUT2D eigenvalue weighted by molar-refractivity contribution is -0.120. The van der Waals surface area contributed by atoms with E-state index in [4.69, 9.17) is 11.5 Å². The number of nitrogens with zero attached hydrogens (tertiary/aromatic N) is 2. The lowest BCUT2D eigenvalue weighted by atomic mass is 10.3. The van der Waals surface area contributed by atoms with Gasteiger partial charge in [0.1, 0.15) is 11.6 Å². The van der Waals surface area contributed by atoms with E-state index in [1.807, 2.05) is 13.8 Å². The highest BCUT2D eigenvalue weighted by atomic mass is 16.2. The van der Waals surface area contributed by atoms with E-state index in [2.05, 4.69) is 10.3 Å². The molecule has 0 aromatic carbocycles. The third kappa shape index (κ3) is 3.82. The molecule has 0 bridgehead atoms. The van der Waals surface area contributed by atoms with Gasteiger partial charge in [-0.2, -0.15) is 0 Å². The van der Waals surface area contributed by atoms with Crippen molar-refractivity contribution in [1.82, 2.24) is 10.3 Å². The number of rotatable bonds is 4. The molecular formula is C11H19N5O. The quantitative estimate of drug-likeness (QED) is 0.695. The van der Waals surface area contributed by atoms with Gasteiger partial charge >= 0.3 is 0 Å². The summed E-state index contributed by atoms with van der Waals surface area (Å²) in [4.78, 5) is 17.4. The van der Waals surface area contributed by atoms with E-state index in [9.17, 15) is 4.79 Å². The molecule has 6 heteroatoms. The smallest absolute Gasteiger partial charge is 0.239 e. The molecule has 6 nitrogen and oxygen atoms in total. The lowest BCUT2D eigenvalue weighted by Gasteiger charge is -2.19. The number of pyridine rings is 1. The molecule has 1 rings (SSSR count). The van der Waals surface area contributed by atoms with Gasteiger partial charge < -0.3 is 21.7 Å². The van der Waals surface area contributed by atoms with E-state index in [0.717, 1.165) is 0 Å². The molecule has 0 radical (unpaired) electrons. The summed E-state index contributed by atoms with van der Waals surface area (Å²) in [5.74, 6) is 0.842. The topological polar surface area (TPSA) is 97.3 Å². The first kappa shape index (κ1) is 13.1. The maximum Gasteiger partial charge on any atom is 0.239 e. The van der Waals surface area contributed by atoms with Crippen molar-refractivity contribution in [3.8, 4) is 0 Å². The number of nitrogens with two attached hydrogens (primary N) is 2. The summed E-state index contributed by atoms with van der Waals surface area (Å²) < 4.78 is 0. The van der Waals surface area contributed by atoms with Gasteiger partial charge in [-0.25, -0.2) is 4.98 Å². The van der Waals surface area contributed by atoms with Gasteiger partial charge in [-0.1, -0.05) is 0 Å². The third-order valence-electron chi connectivity index (χ3n) is 2.16. The Kier molecular flexibility index (Phi) is 4.14. The Bertz CT molecular complexity index is 405. The molecule has 5 N–H and O–H groups in total. The zero-order valence-corrected chi connectivity index (χ0v) is 10.4. The highest BCUT2D eigenvalue weighted by Crippen LogP contribution is 2.16. The summed E-state index contributed by atoms with van der Waals surface area (Å²) in [6, 6.07) is 3.53. The van der Waals surface area contributed by atoms with E-state index >= 15 is 0 Å². The van der Waals surface area contributed by atoms with E-state index in [0.29, 0.717) is 11.5 Å². The first-order valence-electron chi connectivity index (χ1n) is 5.42. The number of hydrogen-bond acceptors (Lipinski definition) is 5. The van der Waals surface area contributed by atoms with E-state index in [-0.39, 0.29) is 24.3 Å². The van der Waals surface area contributed by atoms with Crippen molar-refractivity contribution in [3.05, 3.63) is 12.1 Å². The molecule has 94 valence electrons. The molecule has 0 aliphatic carbocycles. The minimum Gasteiger partial charge on any atom is -0.396 e. The maximum absolute atomic E-state index is 11.6. The van der Waals surface area contributed by atoms with Crippen LogP contribution in [0.3, 0.4) is 0 Å². The average Bonchev–Trinajstić information content (AvgIpc) is 2.20. The summed E-state index contributed by atoms with van der Waals surface area (Å²) in [5.41, 5.74) is 11.6. The summed E-state index contributed by atoms with van der Waals surface area (Å²) in [6.07, 6.45) is 0. The van der Waals surface area contributed by atoms with Gasteiger partial charge in [-0.05, 0) is 26.0 Å². The van der Waals surface area contributed by atoms with Crippen LogP contribution in [-0.4, -0.2) is 30.5 Å². The lowest BCUT2D eigenvalue weighted by Crippen LogP contribution is -2.38. The number of carbonyl (C=O) groups excluding carboxylic acids is 1. The molecule has 17 heavy (non-hydrogen) atoms. The molecule has 1 amide bonds. The zero-order chi connectivity index (χ0) is 13.0. The molecule has 0 spiro atoms. The summed E-state index contributed by atoms with van der Waals surface area (Å²) in [7, 11) is 1.78. The van der Waals surface area contributed by atoms with Crippen LogP contribution in [0.4, 0.5) is 17.3 Å². The van der Waals surface area contributed by atoms with Crippen LogP contribution in [0.25, 0.3) is 0 Å². The number of carbonyl (C=O) groups is 1. The molecule has 0 aliphatic heterocycles. The van der Waals surface area contributed by atoms with Gasteiger partial charge in [0.05, 0.1) is 12.2 Å². The molecule has 1 aromatic heterocycles. The van der Waals surface area contributed by atoms with E-state index in [1.165, 1.54) is 0 Å². The van der Waals surface area contributed by atoms with Crippen LogP contribution in [0.5, 0.6) is 0 Å². The Balaban J connectivity index is 2.66. The number of likely N-dealkylation sites (N-methyl/N-ethyl adjacent to an activating group) is 1. The Morgan fingerprint density at radius 1 is 1.47 bits per heavy atom. The number of nitrogen functional groups attached to an aromatic ring is 2. The number of aromatic nitrogens is 1. The molecule has 0 unspecified atom stereocenters. The van der Waals surface area contributed by atoms with Gasteiger partial charge in [0, 0.05) is 13.1 Å². The number of nitrogens with one attached hydrogen (secondary N) is 1. The van der Waals surface area contributed by atoms with Crippen molar-refractivity contribution in [3.63, 3.8) is 0 Å². The molecule has 0 aliphatic rings. The van der Waals surface area contributed by atoms with Crippen LogP contribution in [0.15, 0.2) is 12.1 Å². The first-order valence-corrected chi connectivity index (χ1v) is 5.42. The summed E-state index contributed by atoms with van der Waals surface area (Å²) in [6.45, 7) is 4.06. The summed E-state index contributed by atoms with van der Waals surface area (Å²) >= 11 is 0. The molecule has 0 fully saturated rings. The second-order valence-corrected chi connectivity index (χ2v) is 4.22. The maximum atomic E-state index is 11.6. The van der Waals surface area contributed by atoms with Crippen LogP contribution in [0.2, 0.25) is 0 Å². The minimum absolute atomic E-state index is 0.0558. The molecule has 1 aromatic rings. The molecule has 1 heterocycles. The Morgan fingerprint density at radius 3 is 2.65 bits per heavy atom. The second kappa shape index (κ2) is 5.38. The molecular weight excluding hydrogens is 218 g/mol. The van der Waals surface area contributed by atoms with Crippen LogP contribution in [0.1, 0.15) is 13.8 Å². The third-order valence-corrected chi connectivity index (χ3v) is 2.16. The Morgan fingerprint density at radius 2 is 2.12 bits per heavy atom. The Hall–Kier alpha value is -1.98. The largest absolute Gasteiger partial charge is 0.396 e. The van der Waals surface area contributed by atoms with Crippen molar-refractivity contribution in [2.45, 2.75) is 19.9 Å². The van der Waals surface area contributed by atoms with Gasteiger partial charge in [0.2, 0.25) is 5.91 Å². The van der Waals surface area contributed by atoms with Crippen molar-refractivity contribution < 1.29 is 4.79 Å².